The zero-order valence-corrected chi connectivity index (χ0v) is 21.0. The van der Waals surface area contributed by atoms with Gasteiger partial charge in [-0.05, 0) is 61.4 Å². The number of para-hydroxylation sites is 1. The van der Waals surface area contributed by atoms with E-state index < -0.39 is 15.9 Å². The van der Waals surface area contributed by atoms with Crippen molar-refractivity contribution in [2.75, 3.05) is 18.4 Å². The molecule has 3 aromatic rings. The van der Waals surface area contributed by atoms with E-state index >= 15 is 0 Å². The van der Waals surface area contributed by atoms with Gasteiger partial charge in [0.15, 0.2) is 5.75 Å². The van der Waals surface area contributed by atoms with Gasteiger partial charge in [0.05, 0.1) is 16.6 Å². The number of anilines is 1. The van der Waals surface area contributed by atoms with Crippen molar-refractivity contribution >= 4 is 56.4 Å². The molecule has 0 unspecified atom stereocenters. The quantitative estimate of drug-likeness (QED) is 0.389. The molecule has 1 aliphatic heterocycles. The summed E-state index contributed by atoms with van der Waals surface area (Å²) < 4.78 is 33.6. The third-order valence-electron chi connectivity index (χ3n) is 5.44. The third kappa shape index (κ3) is 5.67. The Morgan fingerprint density at radius 2 is 1.68 bits per heavy atom. The number of hydrogen-bond donors (Lipinski definition) is 1. The molecule has 1 N–H and O–H groups in total. The van der Waals surface area contributed by atoms with Gasteiger partial charge in [-0.3, -0.25) is 4.79 Å². The largest absolute Gasteiger partial charge is 0.455 e. The lowest BCUT2D eigenvalue weighted by molar-refractivity contribution is -0.120. The molecule has 0 saturated carbocycles. The van der Waals surface area contributed by atoms with Crippen LogP contribution in [0.1, 0.15) is 12.8 Å². The van der Waals surface area contributed by atoms with Crippen LogP contribution in [0, 0.1) is 5.92 Å². The van der Waals surface area contributed by atoms with E-state index in [1.54, 1.807) is 30.3 Å². The lowest BCUT2D eigenvalue weighted by Crippen LogP contribution is -2.43. The maximum absolute atomic E-state index is 13.2. The summed E-state index contributed by atoms with van der Waals surface area (Å²) >= 11 is 18.3. The Kier molecular flexibility index (Phi) is 7.70. The summed E-state index contributed by atoms with van der Waals surface area (Å²) in [6, 6.07) is 18.4. The molecular weight excluding hydrogens is 519 g/mol. The van der Waals surface area contributed by atoms with Crippen molar-refractivity contribution in [3.63, 3.8) is 0 Å². The number of sulfonamides is 1. The van der Waals surface area contributed by atoms with Gasteiger partial charge >= 0.3 is 0 Å². The van der Waals surface area contributed by atoms with Gasteiger partial charge < -0.3 is 10.1 Å². The maximum Gasteiger partial charge on any atom is 0.244 e. The van der Waals surface area contributed by atoms with Gasteiger partial charge in [-0.25, -0.2) is 8.42 Å². The molecule has 1 atom stereocenters. The van der Waals surface area contributed by atoms with E-state index in [1.165, 1.54) is 22.5 Å². The zero-order valence-electron chi connectivity index (χ0n) is 17.9. The molecule has 10 heteroatoms. The summed E-state index contributed by atoms with van der Waals surface area (Å²) in [6.45, 7) is 0.306. The number of piperidine rings is 1. The molecule has 178 valence electrons. The fourth-order valence-corrected chi connectivity index (χ4v) is 6.16. The first-order valence-corrected chi connectivity index (χ1v) is 13.1. The van der Waals surface area contributed by atoms with E-state index in [9.17, 15) is 13.2 Å². The van der Waals surface area contributed by atoms with E-state index in [0.717, 1.165) is 0 Å². The molecule has 0 spiro atoms. The highest BCUT2D eigenvalue weighted by Crippen LogP contribution is 2.34. The van der Waals surface area contributed by atoms with Crippen LogP contribution >= 0.6 is 34.8 Å². The highest BCUT2D eigenvalue weighted by molar-refractivity contribution is 7.89. The van der Waals surface area contributed by atoms with Crippen molar-refractivity contribution in [2.24, 2.45) is 5.92 Å². The Morgan fingerprint density at radius 1 is 0.971 bits per heavy atom. The molecule has 3 aromatic carbocycles. The average Bonchev–Trinajstić information content (AvgIpc) is 2.83. The predicted octanol–water partition coefficient (Wildman–Crippen LogP) is 6.48. The highest BCUT2D eigenvalue weighted by Gasteiger charge is 2.34. The molecule has 0 aromatic heterocycles. The number of rotatable bonds is 6. The molecular formula is C24H21Cl3N2O4S. The monoisotopic (exact) mass is 538 g/mol. The van der Waals surface area contributed by atoms with Crippen LogP contribution in [0.2, 0.25) is 15.1 Å². The Hall–Kier alpha value is -2.29. The summed E-state index contributed by atoms with van der Waals surface area (Å²) in [6.07, 6.45) is 1.06. The fraction of sp³-hybridized carbons (Fsp3) is 0.208. The van der Waals surface area contributed by atoms with E-state index in [2.05, 4.69) is 5.32 Å². The Labute approximate surface area is 213 Å². The number of amides is 1. The standard InChI is InChI=1S/C24H21Cl3N2O4S/c25-17-9-11-22(33-19-6-2-1-3-7-19)21(13-17)28-24(30)16-5-4-12-29(15-16)34(31,32)23-14-18(26)8-10-20(23)27/h1-3,6-11,13-14,16H,4-5,12,15H2,(H,28,30)/t16-/m0/s1. The molecule has 1 heterocycles. The van der Waals surface area contributed by atoms with Crippen LogP contribution in [0.15, 0.2) is 71.6 Å². The van der Waals surface area contributed by atoms with Crippen LogP contribution in [0.4, 0.5) is 5.69 Å². The topological polar surface area (TPSA) is 75.7 Å². The van der Waals surface area contributed by atoms with Crippen LogP contribution in [-0.4, -0.2) is 31.7 Å². The van der Waals surface area contributed by atoms with E-state index in [0.29, 0.717) is 35.1 Å². The van der Waals surface area contributed by atoms with Gasteiger partial charge in [0, 0.05) is 23.1 Å². The fourth-order valence-electron chi connectivity index (χ4n) is 3.73. The third-order valence-corrected chi connectivity index (χ3v) is 8.25. The molecule has 0 bridgehead atoms. The number of nitrogens with one attached hydrogen (secondary N) is 1. The Balaban J connectivity index is 1.52. The summed E-state index contributed by atoms with van der Waals surface area (Å²) in [4.78, 5) is 13.1. The second-order valence-electron chi connectivity index (χ2n) is 7.82. The van der Waals surface area contributed by atoms with Crippen molar-refractivity contribution in [1.82, 2.24) is 4.31 Å². The molecule has 6 nitrogen and oxygen atoms in total. The molecule has 0 aliphatic carbocycles. The van der Waals surface area contributed by atoms with E-state index in [1.807, 2.05) is 18.2 Å². The summed E-state index contributed by atoms with van der Waals surface area (Å²) in [5, 5.41) is 3.63. The van der Waals surface area contributed by atoms with Gasteiger partial charge in [0.2, 0.25) is 15.9 Å². The number of carbonyl (C=O) groups excluding carboxylic acids is 1. The molecule has 34 heavy (non-hydrogen) atoms. The van der Waals surface area contributed by atoms with Crippen molar-refractivity contribution in [3.05, 3.63) is 81.8 Å². The molecule has 1 aliphatic rings. The number of carbonyl (C=O) groups is 1. The number of hydrogen-bond acceptors (Lipinski definition) is 4. The zero-order chi connectivity index (χ0) is 24.3. The average molecular weight is 540 g/mol. The van der Waals surface area contributed by atoms with Gasteiger partial charge in [-0.1, -0.05) is 53.0 Å². The summed E-state index contributed by atoms with van der Waals surface area (Å²) in [7, 11) is -3.92. The van der Waals surface area contributed by atoms with Crippen LogP contribution in [0.25, 0.3) is 0 Å². The smallest absolute Gasteiger partial charge is 0.244 e. The minimum Gasteiger partial charge on any atom is -0.455 e. The number of nitrogens with zero attached hydrogens (tertiary/aromatic N) is 1. The van der Waals surface area contributed by atoms with Crippen LogP contribution in [-0.2, 0) is 14.8 Å². The normalized spacial score (nSPS) is 16.7. The molecule has 1 amide bonds. The molecule has 4 rings (SSSR count). The second kappa shape index (κ2) is 10.5. The van der Waals surface area contributed by atoms with Crippen molar-refractivity contribution in [1.29, 1.82) is 0 Å². The van der Waals surface area contributed by atoms with Gasteiger partial charge in [0.1, 0.15) is 10.6 Å². The van der Waals surface area contributed by atoms with Gasteiger partial charge in [-0.15, -0.1) is 0 Å². The molecule has 1 saturated heterocycles. The van der Waals surface area contributed by atoms with Crippen LogP contribution < -0.4 is 10.1 Å². The van der Waals surface area contributed by atoms with Crippen molar-refractivity contribution < 1.29 is 17.9 Å². The van der Waals surface area contributed by atoms with Crippen molar-refractivity contribution in [3.8, 4) is 11.5 Å². The minimum atomic E-state index is -3.92. The van der Waals surface area contributed by atoms with Gasteiger partial charge in [0.25, 0.3) is 0 Å². The molecule has 0 radical (unpaired) electrons. The first kappa shape index (κ1) is 24.8. The highest BCUT2D eigenvalue weighted by atomic mass is 35.5. The predicted molar refractivity (Wildman–Crippen MR) is 135 cm³/mol. The first-order chi connectivity index (χ1) is 16.2. The Morgan fingerprint density at radius 3 is 2.44 bits per heavy atom. The second-order valence-corrected chi connectivity index (χ2v) is 11.0. The SMILES string of the molecule is O=C(Nc1cc(Cl)ccc1Oc1ccccc1)[C@H]1CCCN(S(=O)(=O)c2cc(Cl)ccc2Cl)C1. The first-order valence-electron chi connectivity index (χ1n) is 10.5. The minimum absolute atomic E-state index is 0.0203. The van der Waals surface area contributed by atoms with E-state index in [-0.39, 0.29) is 33.9 Å². The van der Waals surface area contributed by atoms with Gasteiger partial charge in [-0.2, -0.15) is 4.31 Å². The number of halogens is 3. The summed E-state index contributed by atoms with van der Waals surface area (Å²) in [5.41, 5.74) is 0.402. The molecule has 1 fully saturated rings. The lowest BCUT2D eigenvalue weighted by Gasteiger charge is -2.31. The van der Waals surface area contributed by atoms with E-state index in [4.69, 9.17) is 39.5 Å². The number of benzene rings is 3. The number of ether oxygens (including phenoxy) is 1. The van der Waals surface area contributed by atoms with Crippen LogP contribution in [0.3, 0.4) is 0 Å². The maximum atomic E-state index is 13.2. The van der Waals surface area contributed by atoms with Crippen LogP contribution in [0.5, 0.6) is 11.5 Å². The van der Waals surface area contributed by atoms with Crippen molar-refractivity contribution in [2.45, 2.75) is 17.7 Å². The summed E-state index contributed by atoms with van der Waals surface area (Å²) in [5.74, 6) is 0.144. The lowest BCUT2D eigenvalue weighted by atomic mass is 9.98. The Bertz CT molecular complexity index is 1300.